The van der Waals surface area contributed by atoms with E-state index in [1.807, 2.05) is 31.2 Å². The number of hydrogen-bond acceptors (Lipinski definition) is 6. The first-order valence-electron chi connectivity index (χ1n) is 11.1. The van der Waals surface area contributed by atoms with Gasteiger partial charge in [0.15, 0.2) is 11.5 Å². The number of ether oxygens (including phenoxy) is 4. The van der Waals surface area contributed by atoms with Gasteiger partial charge in [-0.2, -0.15) is 0 Å². The Hall–Kier alpha value is -3.22. The maximum absolute atomic E-state index is 11.8. The molecule has 2 aromatic rings. The van der Waals surface area contributed by atoms with Gasteiger partial charge in [0, 0.05) is 11.1 Å². The predicted octanol–water partition coefficient (Wildman–Crippen LogP) is 5.34. The van der Waals surface area contributed by atoms with Crippen LogP contribution in [0.3, 0.4) is 0 Å². The fourth-order valence-electron chi connectivity index (χ4n) is 3.98. The number of carbonyl (C=O) groups excluding carboxylic acids is 1. The fourth-order valence-corrected chi connectivity index (χ4v) is 3.98. The molecule has 0 saturated heterocycles. The lowest BCUT2D eigenvalue weighted by Gasteiger charge is -2.27. The predicted molar refractivity (Wildman–Crippen MR) is 124 cm³/mol. The van der Waals surface area contributed by atoms with Crippen LogP contribution in [0.2, 0.25) is 0 Å². The monoisotopic (exact) mass is 456 g/mol. The van der Waals surface area contributed by atoms with E-state index in [-0.39, 0.29) is 23.9 Å². The second-order valence-corrected chi connectivity index (χ2v) is 9.06. The van der Waals surface area contributed by atoms with Crippen molar-refractivity contribution in [3.8, 4) is 28.4 Å². The number of methoxy groups -OCH3 is 2. The van der Waals surface area contributed by atoms with Gasteiger partial charge in [-0.25, -0.2) is 4.79 Å². The van der Waals surface area contributed by atoms with Gasteiger partial charge >= 0.3 is 11.9 Å². The van der Waals surface area contributed by atoms with Gasteiger partial charge in [0.1, 0.15) is 6.61 Å². The molecule has 0 spiro atoms. The standard InChI is InChI=1S/C26H32O7/c1-6-16(24(27)28)11-12-26(2,3)15-33-22-19(9-10-21(30-4)23(22)31-5)17-7-8-20-18(13-17)14-32-25(20)29/h7-10,13,16H,6,11-12,14-15H2,1-5H3,(H,27,28). The number of carbonyl (C=O) groups is 2. The molecular weight excluding hydrogens is 424 g/mol. The summed E-state index contributed by atoms with van der Waals surface area (Å²) in [5, 5.41) is 9.36. The molecule has 3 rings (SSSR count). The lowest BCUT2D eigenvalue weighted by molar-refractivity contribution is -0.142. The first-order valence-corrected chi connectivity index (χ1v) is 11.1. The molecule has 0 radical (unpaired) electrons. The van der Waals surface area contributed by atoms with Crippen LogP contribution in [-0.4, -0.2) is 37.9 Å². The average molecular weight is 457 g/mol. The number of fused-ring (bicyclic) bond motifs is 1. The Morgan fingerprint density at radius 3 is 2.48 bits per heavy atom. The van der Waals surface area contributed by atoms with Crippen molar-refractivity contribution in [3.05, 3.63) is 41.5 Å². The number of esters is 1. The van der Waals surface area contributed by atoms with Crippen LogP contribution in [0.1, 0.15) is 56.0 Å². The van der Waals surface area contributed by atoms with Crippen LogP contribution in [0, 0.1) is 11.3 Å². The number of aliphatic carboxylic acids is 1. The van der Waals surface area contributed by atoms with Crippen LogP contribution in [0.15, 0.2) is 30.3 Å². The van der Waals surface area contributed by atoms with Crippen LogP contribution < -0.4 is 14.2 Å². The highest BCUT2D eigenvalue weighted by Crippen LogP contribution is 2.46. The molecule has 0 aliphatic carbocycles. The first-order chi connectivity index (χ1) is 15.7. The van der Waals surface area contributed by atoms with Crippen LogP contribution >= 0.6 is 0 Å². The lowest BCUT2D eigenvalue weighted by Crippen LogP contribution is -2.24. The van der Waals surface area contributed by atoms with Crippen LogP contribution in [0.25, 0.3) is 11.1 Å². The maximum Gasteiger partial charge on any atom is 0.338 e. The summed E-state index contributed by atoms with van der Waals surface area (Å²) in [6.07, 6.45) is 1.89. The number of benzene rings is 2. The molecule has 2 aromatic carbocycles. The Morgan fingerprint density at radius 1 is 1.12 bits per heavy atom. The highest BCUT2D eigenvalue weighted by Gasteiger charge is 2.27. The van der Waals surface area contributed by atoms with E-state index in [9.17, 15) is 14.7 Å². The third-order valence-corrected chi connectivity index (χ3v) is 6.11. The summed E-state index contributed by atoms with van der Waals surface area (Å²) in [5.74, 6) is 0.142. The topological polar surface area (TPSA) is 91.3 Å². The zero-order valence-electron chi connectivity index (χ0n) is 19.9. The zero-order valence-corrected chi connectivity index (χ0v) is 19.9. The van der Waals surface area contributed by atoms with Gasteiger partial charge in [0.2, 0.25) is 5.75 Å². The van der Waals surface area contributed by atoms with E-state index in [0.717, 1.165) is 16.7 Å². The van der Waals surface area contributed by atoms with Crippen LogP contribution in [0.5, 0.6) is 17.2 Å². The van der Waals surface area contributed by atoms with E-state index in [2.05, 4.69) is 13.8 Å². The molecule has 0 aromatic heterocycles. The molecule has 7 nitrogen and oxygen atoms in total. The number of hydrogen-bond donors (Lipinski definition) is 1. The van der Waals surface area contributed by atoms with E-state index in [4.69, 9.17) is 18.9 Å². The van der Waals surface area contributed by atoms with Gasteiger partial charge in [0.05, 0.1) is 32.3 Å². The third-order valence-electron chi connectivity index (χ3n) is 6.11. The van der Waals surface area contributed by atoms with E-state index < -0.39 is 5.97 Å². The molecule has 33 heavy (non-hydrogen) atoms. The van der Waals surface area contributed by atoms with Crippen molar-refractivity contribution < 1.29 is 33.6 Å². The minimum Gasteiger partial charge on any atom is -0.493 e. The Bertz CT molecular complexity index is 1030. The normalized spacial score (nSPS) is 13.8. The van der Waals surface area contributed by atoms with Crippen molar-refractivity contribution in [2.75, 3.05) is 20.8 Å². The van der Waals surface area contributed by atoms with Gasteiger partial charge in [0.25, 0.3) is 0 Å². The molecule has 0 amide bonds. The van der Waals surface area contributed by atoms with Gasteiger partial charge in [-0.05, 0) is 54.5 Å². The molecule has 7 heteroatoms. The molecule has 1 aliphatic rings. The Balaban J connectivity index is 1.90. The van der Waals surface area contributed by atoms with Crippen LogP contribution in [-0.2, 0) is 16.1 Å². The molecule has 1 unspecified atom stereocenters. The number of carboxylic acid groups (broad SMARTS) is 1. The van der Waals surface area contributed by atoms with Crippen LogP contribution in [0.4, 0.5) is 0 Å². The number of carboxylic acids is 1. The first kappa shape index (κ1) is 24.4. The summed E-state index contributed by atoms with van der Waals surface area (Å²) in [4.78, 5) is 23.2. The lowest BCUT2D eigenvalue weighted by atomic mass is 9.84. The zero-order chi connectivity index (χ0) is 24.2. The van der Waals surface area contributed by atoms with Crippen molar-refractivity contribution in [2.45, 2.75) is 46.6 Å². The molecule has 0 bridgehead atoms. The van der Waals surface area contributed by atoms with Crippen molar-refractivity contribution in [2.24, 2.45) is 11.3 Å². The molecule has 1 N–H and O–H groups in total. The molecule has 0 fully saturated rings. The number of cyclic esters (lactones) is 1. The average Bonchev–Trinajstić information content (AvgIpc) is 3.17. The molecular formula is C26H32O7. The second-order valence-electron chi connectivity index (χ2n) is 9.06. The van der Waals surface area contributed by atoms with E-state index in [0.29, 0.717) is 48.7 Å². The Labute approximate surface area is 194 Å². The highest BCUT2D eigenvalue weighted by atomic mass is 16.5. The van der Waals surface area contributed by atoms with E-state index in [1.165, 1.54) is 0 Å². The summed E-state index contributed by atoms with van der Waals surface area (Å²) in [6, 6.07) is 9.28. The summed E-state index contributed by atoms with van der Waals surface area (Å²) in [6.45, 7) is 6.64. The number of rotatable bonds is 11. The SMILES string of the molecule is CCC(CCC(C)(C)COc1c(-c2ccc3c(c2)COC3=O)ccc(OC)c1OC)C(=O)O. The minimum absolute atomic E-state index is 0.251. The smallest absolute Gasteiger partial charge is 0.338 e. The van der Waals surface area contributed by atoms with Crippen molar-refractivity contribution in [1.82, 2.24) is 0 Å². The van der Waals surface area contributed by atoms with E-state index in [1.54, 1.807) is 20.3 Å². The molecule has 178 valence electrons. The molecule has 1 atom stereocenters. The van der Waals surface area contributed by atoms with Gasteiger partial charge < -0.3 is 24.1 Å². The molecule has 1 heterocycles. The summed E-state index contributed by atoms with van der Waals surface area (Å²) < 4.78 is 22.6. The van der Waals surface area contributed by atoms with Gasteiger partial charge in [-0.1, -0.05) is 26.8 Å². The summed E-state index contributed by atoms with van der Waals surface area (Å²) in [7, 11) is 3.13. The third kappa shape index (κ3) is 5.41. The second kappa shape index (κ2) is 10.1. The minimum atomic E-state index is -0.759. The summed E-state index contributed by atoms with van der Waals surface area (Å²) in [5.41, 5.74) is 2.83. The van der Waals surface area contributed by atoms with Gasteiger partial charge in [-0.3, -0.25) is 4.79 Å². The quantitative estimate of drug-likeness (QED) is 0.457. The van der Waals surface area contributed by atoms with Crippen molar-refractivity contribution >= 4 is 11.9 Å². The van der Waals surface area contributed by atoms with E-state index >= 15 is 0 Å². The Kier molecular flexibility index (Phi) is 7.51. The highest BCUT2D eigenvalue weighted by molar-refractivity contribution is 5.94. The van der Waals surface area contributed by atoms with Gasteiger partial charge in [-0.15, -0.1) is 0 Å². The Morgan fingerprint density at radius 2 is 1.85 bits per heavy atom. The molecule has 1 aliphatic heterocycles. The fraction of sp³-hybridized carbons (Fsp3) is 0.462. The summed E-state index contributed by atoms with van der Waals surface area (Å²) >= 11 is 0. The largest absolute Gasteiger partial charge is 0.493 e. The molecule has 0 saturated carbocycles. The maximum atomic E-state index is 11.8. The van der Waals surface area contributed by atoms with Crippen molar-refractivity contribution in [1.29, 1.82) is 0 Å². The van der Waals surface area contributed by atoms with Crippen molar-refractivity contribution in [3.63, 3.8) is 0 Å².